The van der Waals surface area contributed by atoms with Crippen molar-refractivity contribution < 1.29 is 9.47 Å². The summed E-state index contributed by atoms with van der Waals surface area (Å²) in [5.41, 5.74) is 5.98. The molecule has 2 N–H and O–H groups in total. The lowest BCUT2D eigenvalue weighted by atomic mass is 9.89. The van der Waals surface area contributed by atoms with Gasteiger partial charge in [-0.3, -0.25) is 0 Å². The highest BCUT2D eigenvalue weighted by Crippen LogP contribution is 2.18. The van der Waals surface area contributed by atoms with E-state index in [0.717, 1.165) is 52.2 Å². The lowest BCUT2D eigenvalue weighted by molar-refractivity contribution is 0.124. The van der Waals surface area contributed by atoms with E-state index in [0.29, 0.717) is 0 Å². The van der Waals surface area contributed by atoms with Gasteiger partial charge in [-0.15, -0.1) is 0 Å². The zero-order valence-electron chi connectivity index (χ0n) is 12.0. The molecule has 0 aliphatic rings. The predicted molar refractivity (Wildman–Crippen MR) is 72.3 cm³/mol. The van der Waals surface area contributed by atoms with E-state index in [-0.39, 0.29) is 5.41 Å². The number of hydrogen-bond acceptors (Lipinski definition) is 4. The monoisotopic (exact) mass is 246 g/mol. The summed E-state index contributed by atoms with van der Waals surface area (Å²) >= 11 is 0. The standard InChI is InChI=1S/C13H30N2O2/c1-13(2,12-14)6-8-15(9-11-17-4)7-5-10-16-3/h5-12,14H2,1-4H3. The summed E-state index contributed by atoms with van der Waals surface area (Å²) in [6.07, 6.45) is 2.20. The molecule has 0 fully saturated rings. The van der Waals surface area contributed by atoms with Crippen molar-refractivity contribution in [1.29, 1.82) is 0 Å². The lowest BCUT2D eigenvalue weighted by Gasteiger charge is -2.28. The Kier molecular flexibility index (Phi) is 9.74. The molecule has 0 bridgehead atoms. The predicted octanol–water partition coefficient (Wildman–Crippen LogP) is 1.35. The van der Waals surface area contributed by atoms with Crippen LogP contribution in [0.2, 0.25) is 0 Å². The first-order valence-electron chi connectivity index (χ1n) is 6.46. The molecule has 0 atom stereocenters. The number of nitrogens with zero attached hydrogens (tertiary/aromatic N) is 1. The van der Waals surface area contributed by atoms with Crippen LogP contribution in [0, 0.1) is 5.41 Å². The fourth-order valence-corrected chi connectivity index (χ4v) is 1.55. The average molecular weight is 246 g/mol. The Balaban J connectivity index is 3.91. The molecular formula is C13H30N2O2. The summed E-state index contributed by atoms with van der Waals surface area (Å²) in [5, 5.41) is 0. The first-order chi connectivity index (χ1) is 8.05. The maximum absolute atomic E-state index is 5.75. The van der Waals surface area contributed by atoms with E-state index in [1.165, 1.54) is 0 Å². The minimum atomic E-state index is 0.229. The molecule has 0 heterocycles. The number of rotatable bonds is 11. The van der Waals surface area contributed by atoms with Crippen LogP contribution >= 0.6 is 0 Å². The van der Waals surface area contributed by atoms with E-state index < -0.39 is 0 Å². The molecule has 0 radical (unpaired) electrons. The molecule has 0 amide bonds. The van der Waals surface area contributed by atoms with E-state index in [1.807, 2.05) is 0 Å². The second-order valence-electron chi connectivity index (χ2n) is 5.30. The normalized spacial score (nSPS) is 12.4. The van der Waals surface area contributed by atoms with Crippen molar-refractivity contribution in [2.45, 2.75) is 26.7 Å². The highest BCUT2D eigenvalue weighted by Gasteiger charge is 2.17. The molecule has 17 heavy (non-hydrogen) atoms. The van der Waals surface area contributed by atoms with Crippen LogP contribution in [0.15, 0.2) is 0 Å². The van der Waals surface area contributed by atoms with Crippen molar-refractivity contribution in [2.75, 3.05) is 53.6 Å². The van der Waals surface area contributed by atoms with Gasteiger partial charge in [0.15, 0.2) is 0 Å². The van der Waals surface area contributed by atoms with Crippen LogP contribution in [0.4, 0.5) is 0 Å². The Morgan fingerprint density at radius 1 is 1.00 bits per heavy atom. The Hall–Kier alpha value is -0.160. The van der Waals surface area contributed by atoms with Crippen molar-refractivity contribution in [3.05, 3.63) is 0 Å². The average Bonchev–Trinajstić information content (AvgIpc) is 2.32. The van der Waals surface area contributed by atoms with Gasteiger partial charge >= 0.3 is 0 Å². The van der Waals surface area contributed by atoms with Crippen LogP contribution in [0.3, 0.4) is 0 Å². The van der Waals surface area contributed by atoms with Gasteiger partial charge in [0.05, 0.1) is 6.61 Å². The van der Waals surface area contributed by atoms with Crippen molar-refractivity contribution in [2.24, 2.45) is 11.1 Å². The van der Waals surface area contributed by atoms with Gasteiger partial charge in [-0.2, -0.15) is 0 Å². The minimum Gasteiger partial charge on any atom is -0.385 e. The maximum atomic E-state index is 5.75. The summed E-state index contributed by atoms with van der Waals surface area (Å²) in [4.78, 5) is 2.43. The van der Waals surface area contributed by atoms with Gasteiger partial charge < -0.3 is 20.1 Å². The molecule has 0 aliphatic heterocycles. The lowest BCUT2D eigenvalue weighted by Crippen LogP contribution is -2.34. The van der Waals surface area contributed by atoms with Crippen LogP contribution in [0.25, 0.3) is 0 Å². The van der Waals surface area contributed by atoms with Crippen molar-refractivity contribution in [1.82, 2.24) is 4.90 Å². The Morgan fingerprint density at radius 3 is 2.18 bits per heavy atom. The first kappa shape index (κ1) is 16.8. The maximum Gasteiger partial charge on any atom is 0.0589 e. The van der Waals surface area contributed by atoms with Gasteiger partial charge in [-0.25, -0.2) is 0 Å². The van der Waals surface area contributed by atoms with Crippen LogP contribution in [0.1, 0.15) is 26.7 Å². The quantitative estimate of drug-likeness (QED) is 0.559. The van der Waals surface area contributed by atoms with Gasteiger partial charge in [0.25, 0.3) is 0 Å². The fourth-order valence-electron chi connectivity index (χ4n) is 1.55. The van der Waals surface area contributed by atoms with Gasteiger partial charge in [-0.05, 0) is 31.3 Å². The SMILES string of the molecule is COCCCN(CCOC)CCC(C)(C)CN. The molecule has 0 saturated heterocycles. The Morgan fingerprint density at radius 2 is 1.65 bits per heavy atom. The summed E-state index contributed by atoms with van der Waals surface area (Å²) in [6, 6.07) is 0. The van der Waals surface area contributed by atoms with Crippen molar-refractivity contribution in [3.63, 3.8) is 0 Å². The zero-order chi connectivity index (χ0) is 13.1. The molecule has 0 aromatic rings. The molecule has 4 nitrogen and oxygen atoms in total. The largest absolute Gasteiger partial charge is 0.385 e. The Bertz CT molecular complexity index is 175. The van der Waals surface area contributed by atoms with Crippen LogP contribution in [0.5, 0.6) is 0 Å². The summed E-state index contributed by atoms with van der Waals surface area (Å²) in [6.45, 7) is 9.92. The highest BCUT2D eigenvalue weighted by molar-refractivity contribution is 4.72. The Labute approximate surface area is 106 Å². The topological polar surface area (TPSA) is 47.7 Å². The third-order valence-electron chi connectivity index (χ3n) is 3.09. The van der Waals surface area contributed by atoms with E-state index >= 15 is 0 Å². The molecule has 0 spiro atoms. The van der Waals surface area contributed by atoms with E-state index in [1.54, 1.807) is 14.2 Å². The second kappa shape index (κ2) is 9.83. The van der Waals surface area contributed by atoms with E-state index in [4.69, 9.17) is 15.2 Å². The molecule has 104 valence electrons. The van der Waals surface area contributed by atoms with E-state index in [9.17, 15) is 0 Å². The smallest absolute Gasteiger partial charge is 0.0589 e. The molecule has 0 aromatic heterocycles. The van der Waals surface area contributed by atoms with Gasteiger partial charge in [0, 0.05) is 33.9 Å². The number of hydrogen-bond donors (Lipinski definition) is 1. The molecule has 0 rings (SSSR count). The van der Waals surface area contributed by atoms with Crippen molar-refractivity contribution in [3.8, 4) is 0 Å². The minimum absolute atomic E-state index is 0.229. The number of nitrogens with two attached hydrogens (primary N) is 1. The molecule has 4 heteroatoms. The van der Waals surface area contributed by atoms with Crippen LogP contribution in [-0.2, 0) is 9.47 Å². The second-order valence-corrected chi connectivity index (χ2v) is 5.30. The van der Waals surface area contributed by atoms with Crippen molar-refractivity contribution >= 4 is 0 Å². The van der Waals surface area contributed by atoms with Gasteiger partial charge in [0.2, 0.25) is 0 Å². The van der Waals surface area contributed by atoms with Crippen LogP contribution < -0.4 is 5.73 Å². The summed E-state index contributed by atoms with van der Waals surface area (Å²) in [5.74, 6) is 0. The third kappa shape index (κ3) is 9.53. The highest BCUT2D eigenvalue weighted by atomic mass is 16.5. The summed E-state index contributed by atoms with van der Waals surface area (Å²) < 4.78 is 10.2. The summed E-state index contributed by atoms with van der Waals surface area (Å²) in [7, 11) is 3.49. The van der Waals surface area contributed by atoms with E-state index in [2.05, 4.69) is 18.7 Å². The van der Waals surface area contributed by atoms with Gasteiger partial charge in [-0.1, -0.05) is 13.8 Å². The zero-order valence-corrected chi connectivity index (χ0v) is 12.0. The number of methoxy groups -OCH3 is 2. The molecule has 0 aromatic carbocycles. The fraction of sp³-hybridized carbons (Fsp3) is 1.00. The molecule has 0 aliphatic carbocycles. The van der Waals surface area contributed by atoms with Gasteiger partial charge in [0.1, 0.15) is 0 Å². The third-order valence-corrected chi connectivity index (χ3v) is 3.09. The van der Waals surface area contributed by atoms with Crippen LogP contribution in [-0.4, -0.2) is 58.5 Å². The molecular weight excluding hydrogens is 216 g/mol. The first-order valence-corrected chi connectivity index (χ1v) is 6.46. The number of ether oxygens (including phenoxy) is 2. The molecule has 0 unspecified atom stereocenters. The molecule has 0 saturated carbocycles.